The molecule has 0 fully saturated rings. The second-order valence-corrected chi connectivity index (χ2v) is 6.12. The van der Waals surface area contributed by atoms with E-state index < -0.39 is 0 Å². The van der Waals surface area contributed by atoms with Gasteiger partial charge in [-0.15, -0.1) is 0 Å². The highest BCUT2D eigenvalue weighted by Gasteiger charge is 2.19. The molecule has 118 valence electrons. The zero-order chi connectivity index (χ0) is 15.9. The van der Waals surface area contributed by atoms with E-state index >= 15 is 0 Å². The number of nitrogens with two attached hydrogens (primary N) is 1. The van der Waals surface area contributed by atoms with Crippen molar-refractivity contribution in [2.75, 3.05) is 13.7 Å². The van der Waals surface area contributed by atoms with E-state index in [1.165, 1.54) is 0 Å². The Morgan fingerprint density at radius 2 is 2.05 bits per heavy atom. The number of hydrogen-bond acceptors (Lipinski definition) is 4. The highest BCUT2D eigenvalue weighted by Crippen LogP contribution is 2.25. The number of thiophene rings is 1. The largest absolute Gasteiger partial charge is 0.380 e. The summed E-state index contributed by atoms with van der Waals surface area (Å²) in [6.07, 6.45) is -0.0327. The number of carbonyl (C=O) groups excluding carboxylic acids is 1. The third-order valence-corrected chi connectivity index (χ3v) is 4.35. The molecule has 1 amide bonds. The molecule has 0 saturated heterocycles. The van der Waals surface area contributed by atoms with Crippen LogP contribution in [0.15, 0.2) is 41.1 Å². The number of nitrogens with one attached hydrogen (secondary N) is 1. The first kappa shape index (κ1) is 17.0. The summed E-state index contributed by atoms with van der Waals surface area (Å²) in [4.78, 5) is 12.2. The van der Waals surface area contributed by atoms with Crippen LogP contribution >= 0.6 is 22.9 Å². The first-order valence-corrected chi connectivity index (χ1v) is 8.26. The van der Waals surface area contributed by atoms with Crippen molar-refractivity contribution in [3.05, 3.63) is 57.2 Å². The second kappa shape index (κ2) is 8.29. The third kappa shape index (κ3) is 4.55. The maximum absolute atomic E-state index is 12.2. The van der Waals surface area contributed by atoms with Gasteiger partial charge in [-0.1, -0.05) is 23.7 Å². The summed E-state index contributed by atoms with van der Waals surface area (Å²) < 4.78 is 5.16. The molecule has 22 heavy (non-hydrogen) atoms. The van der Waals surface area contributed by atoms with Crippen LogP contribution in [0.25, 0.3) is 0 Å². The van der Waals surface area contributed by atoms with Crippen molar-refractivity contribution < 1.29 is 9.53 Å². The summed E-state index contributed by atoms with van der Waals surface area (Å²) in [6, 6.07) is 9.27. The zero-order valence-corrected chi connectivity index (χ0v) is 13.9. The molecule has 0 spiro atoms. The van der Waals surface area contributed by atoms with Gasteiger partial charge in [0.1, 0.15) is 0 Å². The van der Waals surface area contributed by atoms with E-state index in [4.69, 9.17) is 22.1 Å². The Morgan fingerprint density at radius 3 is 2.59 bits per heavy atom. The van der Waals surface area contributed by atoms with Crippen molar-refractivity contribution in [1.29, 1.82) is 0 Å². The van der Waals surface area contributed by atoms with Gasteiger partial charge in [-0.2, -0.15) is 11.3 Å². The van der Waals surface area contributed by atoms with Gasteiger partial charge in [0, 0.05) is 18.7 Å². The molecule has 2 aromatic rings. The number of halogens is 1. The van der Waals surface area contributed by atoms with Crippen molar-refractivity contribution in [2.24, 2.45) is 5.73 Å². The van der Waals surface area contributed by atoms with Crippen molar-refractivity contribution in [2.45, 2.75) is 18.6 Å². The van der Waals surface area contributed by atoms with Crippen LogP contribution in [0, 0.1) is 0 Å². The quantitative estimate of drug-likeness (QED) is 0.815. The van der Waals surface area contributed by atoms with E-state index in [2.05, 4.69) is 5.32 Å². The Labute approximate surface area is 139 Å². The number of benzene rings is 1. The lowest BCUT2D eigenvalue weighted by molar-refractivity contribution is -0.123. The lowest BCUT2D eigenvalue weighted by Gasteiger charge is -2.20. The van der Waals surface area contributed by atoms with Gasteiger partial charge in [0.15, 0.2) is 0 Å². The fourth-order valence-electron chi connectivity index (χ4n) is 2.14. The minimum absolute atomic E-state index is 0.0940. The Balaban J connectivity index is 2.15. The molecule has 1 heterocycles. The molecular formula is C16H19ClN2O2S. The minimum atomic E-state index is -0.270. The first-order valence-electron chi connectivity index (χ1n) is 6.93. The lowest BCUT2D eigenvalue weighted by Crippen LogP contribution is -2.34. The van der Waals surface area contributed by atoms with Crippen molar-refractivity contribution >= 4 is 28.8 Å². The van der Waals surface area contributed by atoms with Gasteiger partial charge in [-0.05, 0) is 40.1 Å². The average Bonchev–Trinajstić information content (AvgIpc) is 3.05. The summed E-state index contributed by atoms with van der Waals surface area (Å²) in [5, 5.41) is 7.72. The fraction of sp³-hybridized carbons (Fsp3) is 0.312. The number of amides is 1. The smallest absolute Gasteiger partial charge is 0.223 e. The Bertz CT molecular complexity index is 583. The summed E-state index contributed by atoms with van der Waals surface area (Å²) in [7, 11) is 1.56. The molecule has 1 aromatic heterocycles. The fourth-order valence-corrected chi connectivity index (χ4v) is 2.96. The highest BCUT2D eigenvalue weighted by atomic mass is 35.5. The van der Waals surface area contributed by atoms with E-state index in [0.29, 0.717) is 11.6 Å². The highest BCUT2D eigenvalue weighted by molar-refractivity contribution is 7.08. The molecule has 2 unspecified atom stereocenters. The van der Waals surface area contributed by atoms with Crippen LogP contribution in [0.3, 0.4) is 0 Å². The normalized spacial score (nSPS) is 13.6. The van der Waals surface area contributed by atoms with Crippen LogP contribution in [-0.4, -0.2) is 25.7 Å². The van der Waals surface area contributed by atoms with Crippen molar-refractivity contribution in [1.82, 2.24) is 5.32 Å². The summed E-state index contributed by atoms with van der Waals surface area (Å²) in [5.74, 6) is -0.0940. The van der Waals surface area contributed by atoms with Crippen LogP contribution in [0.2, 0.25) is 5.02 Å². The summed E-state index contributed by atoms with van der Waals surface area (Å²) in [6.45, 7) is 0.313. The molecule has 6 heteroatoms. The molecule has 2 atom stereocenters. The van der Waals surface area contributed by atoms with E-state index in [0.717, 1.165) is 11.1 Å². The van der Waals surface area contributed by atoms with Crippen LogP contribution in [-0.2, 0) is 9.53 Å². The Morgan fingerprint density at radius 1 is 1.32 bits per heavy atom. The number of carbonyl (C=O) groups is 1. The number of hydrogen-bond donors (Lipinski definition) is 2. The molecule has 0 bridgehead atoms. The zero-order valence-electron chi connectivity index (χ0n) is 12.3. The minimum Gasteiger partial charge on any atom is -0.380 e. The van der Waals surface area contributed by atoms with Crippen LogP contribution in [0.5, 0.6) is 0 Å². The van der Waals surface area contributed by atoms with Crippen molar-refractivity contribution in [3.63, 3.8) is 0 Å². The van der Waals surface area contributed by atoms with E-state index in [-0.39, 0.29) is 24.5 Å². The van der Waals surface area contributed by atoms with Gasteiger partial charge in [0.25, 0.3) is 0 Å². The number of methoxy groups -OCH3 is 1. The van der Waals surface area contributed by atoms with Gasteiger partial charge in [-0.3, -0.25) is 4.79 Å². The molecule has 3 N–H and O–H groups in total. The molecule has 4 nitrogen and oxygen atoms in total. The van der Waals surface area contributed by atoms with Crippen LogP contribution in [0.4, 0.5) is 0 Å². The van der Waals surface area contributed by atoms with Crippen LogP contribution < -0.4 is 11.1 Å². The van der Waals surface area contributed by atoms with E-state index in [9.17, 15) is 4.79 Å². The molecule has 0 aliphatic carbocycles. The predicted octanol–water partition coefficient (Wildman–Crippen LogP) is 2.97. The van der Waals surface area contributed by atoms with Gasteiger partial charge >= 0.3 is 0 Å². The summed E-state index contributed by atoms with van der Waals surface area (Å²) in [5.41, 5.74) is 7.59. The van der Waals surface area contributed by atoms with E-state index in [1.54, 1.807) is 18.4 Å². The lowest BCUT2D eigenvalue weighted by atomic mass is 10.0. The summed E-state index contributed by atoms with van der Waals surface area (Å²) >= 11 is 7.53. The monoisotopic (exact) mass is 338 g/mol. The molecule has 0 radical (unpaired) electrons. The van der Waals surface area contributed by atoms with Gasteiger partial charge in [-0.25, -0.2) is 0 Å². The second-order valence-electron chi connectivity index (χ2n) is 4.91. The van der Waals surface area contributed by atoms with Crippen molar-refractivity contribution in [3.8, 4) is 0 Å². The molecule has 0 aliphatic heterocycles. The molecular weight excluding hydrogens is 320 g/mol. The molecule has 0 saturated carbocycles. The number of rotatable bonds is 7. The number of ether oxygens (including phenoxy) is 1. The SMILES string of the molecule is COC(CN)CC(=O)NC(c1ccc(Cl)cc1)c1ccsc1. The molecule has 2 rings (SSSR count). The van der Waals surface area contributed by atoms with Gasteiger partial charge < -0.3 is 15.8 Å². The standard InChI is InChI=1S/C16H19ClN2O2S/c1-21-14(9-18)8-15(20)19-16(12-6-7-22-10-12)11-2-4-13(17)5-3-11/h2-7,10,14,16H,8-9,18H2,1H3,(H,19,20). The third-order valence-electron chi connectivity index (χ3n) is 3.39. The Kier molecular flexibility index (Phi) is 6.39. The topological polar surface area (TPSA) is 64.3 Å². The van der Waals surface area contributed by atoms with E-state index in [1.807, 2.05) is 41.1 Å². The average molecular weight is 339 g/mol. The molecule has 1 aromatic carbocycles. The molecule has 0 aliphatic rings. The maximum atomic E-state index is 12.2. The maximum Gasteiger partial charge on any atom is 0.223 e. The Hall–Kier alpha value is -1.40. The van der Waals surface area contributed by atoms with Gasteiger partial charge in [0.2, 0.25) is 5.91 Å². The van der Waals surface area contributed by atoms with Gasteiger partial charge in [0.05, 0.1) is 18.6 Å². The van der Waals surface area contributed by atoms with Crippen LogP contribution in [0.1, 0.15) is 23.6 Å². The predicted molar refractivity (Wildman–Crippen MR) is 90.2 cm³/mol. The first-order chi connectivity index (χ1) is 10.6.